The first kappa shape index (κ1) is 17.7. The Morgan fingerprint density at radius 2 is 1.67 bits per heavy atom. The molecule has 0 unspecified atom stereocenters. The van der Waals surface area contributed by atoms with Crippen molar-refractivity contribution in [2.45, 2.75) is 33.6 Å². The number of carboxylic acids is 1. The lowest BCUT2D eigenvalue weighted by molar-refractivity contribution is -0.118. The van der Waals surface area contributed by atoms with E-state index in [0.717, 1.165) is 16.8 Å². The van der Waals surface area contributed by atoms with Crippen molar-refractivity contribution in [3.63, 3.8) is 0 Å². The summed E-state index contributed by atoms with van der Waals surface area (Å²) in [4.78, 5) is 25.6. The van der Waals surface area contributed by atoms with Gasteiger partial charge in [-0.3, -0.25) is 4.79 Å². The zero-order valence-electron chi connectivity index (χ0n) is 14.4. The summed E-state index contributed by atoms with van der Waals surface area (Å²) in [5, 5.41) is 9.23. The maximum Gasteiger partial charge on any atom is 0.335 e. The van der Waals surface area contributed by atoms with Crippen LogP contribution in [0, 0.1) is 13.8 Å². The van der Waals surface area contributed by atoms with Gasteiger partial charge < -0.3 is 10.0 Å². The summed E-state index contributed by atoms with van der Waals surface area (Å²) in [5.41, 5.74) is 4.08. The number of aryl methyl sites for hydroxylation is 3. The highest BCUT2D eigenvalue weighted by molar-refractivity contribution is 5.94. The SMILES string of the molecule is CCN(C(=O)CCc1ccccc1C(=O)O)c1cc(C)cc(C)c1. The molecule has 24 heavy (non-hydrogen) atoms. The van der Waals surface area contributed by atoms with Gasteiger partial charge in [-0.25, -0.2) is 4.79 Å². The normalized spacial score (nSPS) is 10.5. The standard InChI is InChI=1S/C20H23NO3/c1-4-21(17-12-14(2)11-15(3)13-17)19(22)10-9-16-7-5-6-8-18(16)20(23)24/h5-8,11-13H,4,9-10H2,1-3H3,(H,23,24). The van der Waals surface area contributed by atoms with Gasteiger partial charge in [-0.1, -0.05) is 24.3 Å². The molecule has 2 aromatic rings. The van der Waals surface area contributed by atoms with Gasteiger partial charge in [-0.05, 0) is 62.1 Å². The van der Waals surface area contributed by atoms with Crippen molar-refractivity contribution in [2.24, 2.45) is 0 Å². The topological polar surface area (TPSA) is 57.6 Å². The third-order valence-electron chi connectivity index (χ3n) is 3.99. The van der Waals surface area contributed by atoms with E-state index < -0.39 is 5.97 Å². The van der Waals surface area contributed by atoms with Crippen LogP contribution >= 0.6 is 0 Å². The molecule has 1 N–H and O–H groups in total. The van der Waals surface area contributed by atoms with Crippen molar-refractivity contribution in [1.29, 1.82) is 0 Å². The zero-order chi connectivity index (χ0) is 17.7. The summed E-state index contributed by atoms with van der Waals surface area (Å²) < 4.78 is 0. The average Bonchev–Trinajstić information content (AvgIpc) is 2.53. The number of aromatic carboxylic acids is 1. The number of rotatable bonds is 6. The first-order chi connectivity index (χ1) is 11.4. The molecule has 0 fully saturated rings. The molecule has 0 aliphatic carbocycles. The van der Waals surface area contributed by atoms with Gasteiger partial charge in [0, 0.05) is 18.7 Å². The van der Waals surface area contributed by atoms with Crippen LogP contribution in [0.1, 0.15) is 40.4 Å². The van der Waals surface area contributed by atoms with Gasteiger partial charge in [0.1, 0.15) is 0 Å². The fourth-order valence-corrected chi connectivity index (χ4v) is 2.93. The van der Waals surface area contributed by atoms with Crippen molar-refractivity contribution in [3.8, 4) is 0 Å². The number of anilines is 1. The molecular weight excluding hydrogens is 302 g/mol. The average molecular weight is 325 g/mol. The van der Waals surface area contributed by atoms with Gasteiger partial charge in [-0.2, -0.15) is 0 Å². The Hall–Kier alpha value is -2.62. The monoisotopic (exact) mass is 325 g/mol. The molecule has 2 aromatic carbocycles. The van der Waals surface area contributed by atoms with Crippen molar-refractivity contribution < 1.29 is 14.7 Å². The molecule has 0 saturated heterocycles. The minimum Gasteiger partial charge on any atom is -0.478 e. The summed E-state index contributed by atoms with van der Waals surface area (Å²) in [5.74, 6) is -0.956. The largest absolute Gasteiger partial charge is 0.478 e. The molecule has 1 amide bonds. The Morgan fingerprint density at radius 3 is 2.25 bits per heavy atom. The minimum atomic E-state index is -0.959. The summed E-state index contributed by atoms with van der Waals surface area (Å²) in [6.07, 6.45) is 0.702. The Labute approximate surface area is 142 Å². The van der Waals surface area contributed by atoms with E-state index in [-0.39, 0.29) is 17.9 Å². The molecule has 0 aliphatic rings. The Bertz CT molecular complexity index is 732. The van der Waals surface area contributed by atoms with E-state index in [2.05, 4.69) is 6.07 Å². The Kier molecular flexibility index (Phi) is 5.74. The van der Waals surface area contributed by atoms with E-state index in [1.165, 1.54) is 0 Å². The maximum atomic E-state index is 12.6. The first-order valence-electron chi connectivity index (χ1n) is 8.12. The van der Waals surface area contributed by atoms with Crippen molar-refractivity contribution >= 4 is 17.6 Å². The molecule has 0 bridgehead atoms. The van der Waals surface area contributed by atoms with Crippen LogP contribution in [0.4, 0.5) is 5.69 Å². The van der Waals surface area contributed by atoms with Crippen LogP contribution in [0.25, 0.3) is 0 Å². The molecular formula is C20H23NO3. The molecule has 0 spiro atoms. The van der Waals surface area contributed by atoms with Crippen LogP contribution < -0.4 is 4.90 Å². The molecule has 4 nitrogen and oxygen atoms in total. The third-order valence-corrected chi connectivity index (χ3v) is 3.99. The smallest absolute Gasteiger partial charge is 0.335 e. The molecule has 4 heteroatoms. The summed E-state index contributed by atoms with van der Waals surface area (Å²) >= 11 is 0. The second kappa shape index (κ2) is 7.77. The summed E-state index contributed by atoms with van der Waals surface area (Å²) in [6, 6.07) is 12.9. The van der Waals surface area contributed by atoms with Crippen molar-refractivity contribution in [2.75, 3.05) is 11.4 Å². The van der Waals surface area contributed by atoms with Crippen LogP contribution in [-0.2, 0) is 11.2 Å². The van der Waals surface area contributed by atoms with E-state index in [9.17, 15) is 14.7 Å². The van der Waals surface area contributed by atoms with Gasteiger partial charge >= 0.3 is 5.97 Å². The lowest BCUT2D eigenvalue weighted by Gasteiger charge is -2.22. The van der Waals surface area contributed by atoms with E-state index >= 15 is 0 Å². The minimum absolute atomic E-state index is 0.00249. The number of carbonyl (C=O) groups is 2. The second-order valence-electron chi connectivity index (χ2n) is 5.95. The zero-order valence-corrected chi connectivity index (χ0v) is 14.4. The lowest BCUT2D eigenvalue weighted by Crippen LogP contribution is -2.31. The second-order valence-corrected chi connectivity index (χ2v) is 5.95. The van der Waals surface area contributed by atoms with E-state index in [1.54, 1.807) is 29.2 Å². The van der Waals surface area contributed by atoms with Gasteiger partial charge in [0.2, 0.25) is 5.91 Å². The highest BCUT2D eigenvalue weighted by atomic mass is 16.4. The highest BCUT2D eigenvalue weighted by Crippen LogP contribution is 2.20. The molecule has 0 heterocycles. The van der Waals surface area contributed by atoms with Crippen molar-refractivity contribution in [1.82, 2.24) is 0 Å². The number of carboxylic acid groups (broad SMARTS) is 1. The van der Waals surface area contributed by atoms with E-state index in [4.69, 9.17) is 0 Å². The molecule has 0 saturated carbocycles. The predicted molar refractivity (Wildman–Crippen MR) is 95.7 cm³/mol. The van der Waals surface area contributed by atoms with Crippen LogP contribution in [0.15, 0.2) is 42.5 Å². The molecule has 0 atom stereocenters. The number of amides is 1. The fraction of sp³-hybridized carbons (Fsp3) is 0.300. The predicted octanol–water partition coefficient (Wildman–Crippen LogP) is 3.99. The van der Waals surface area contributed by atoms with Crippen LogP contribution in [-0.4, -0.2) is 23.5 Å². The molecule has 2 rings (SSSR count). The fourth-order valence-electron chi connectivity index (χ4n) is 2.93. The number of benzene rings is 2. The van der Waals surface area contributed by atoms with Gasteiger partial charge in [-0.15, -0.1) is 0 Å². The highest BCUT2D eigenvalue weighted by Gasteiger charge is 2.16. The maximum absolute atomic E-state index is 12.6. The number of hydrogen-bond donors (Lipinski definition) is 1. The van der Waals surface area contributed by atoms with E-state index in [1.807, 2.05) is 32.9 Å². The molecule has 0 radical (unpaired) electrons. The first-order valence-corrected chi connectivity index (χ1v) is 8.12. The van der Waals surface area contributed by atoms with Crippen molar-refractivity contribution in [3.05, 3.63) is 64.7 Å². The van der Waals surface area contributed by atoms with Gasteiger partial charge in [0.15, 0.2) is 0 Å². The molecule has 0 aliphatic heterocycles. The molecule has 126 valence electrons. The number of hydrogen-bond acceptors (Lipinski definition) is 2. The number of carbonyl (C=O) groups excluding carboxylic acids is 1. The summed E-state index contributed by atoms with van der Waals surface area (Å²) in [7, 11) is 0. The van der Waals surface area contributed by atoms with Crippen LogP contribution in [0.2, 0.25) is 0 Å². The molecule has 0 aromatic heterocycles. The van der Waals surface area contributed by atoms with Gasteiger partial charge in [0.25, 0.3) is 0 Å². The lowest BCUT2D eigenvalue weighted by atomic mass is 10.0. The number of nitrogens with zero attached hydrogens (tertiary/aromatic N) is 1. The quantitative estimate of drug-likeness (QED) is 0.873. The van der Waals surface area contributed by atoms with Gasteiger partial charge in [0.05, 0.1) is 5.56 Å². The van der Waals surface area contributed by atoms with E-state index in [0.29, 0.717) is 18.5 Å². The Morgan fingerprint density at radius 1 is 1.04 bits per heavy atom. The third kappa shape index (κ3) is 4.22. The Balaban J connectivity index is 2.14. The van der Waals surface area contributed by atoms with Crippen LogP contribution in [0.3, 0.4) is 0 Å². The summed E-state index contributed by atoms with van der Waals surface area (Å²) in [6.45, 7) is 6.55. The van der Waals surface area contributed by atoms with Crippen LogP contribution in [0.5, 0.6) is 0 Å².